The van der Waals surface area contributed by atoms with Crippen molar-refractivity contribution in [3.05, 3.63) is 71.8 Å². The van der Waals surface area contributed by atoms with Crippen molar-refractivity contribution in [1.82, 2.24) is 10.2 Å². The largest absolute Gasteiger partial charge is 0.350 e. The molecule has 1 heterocycles. The fraction of sp³-hybridized carbons (Fsp3) is 0.333. The summed E-state index contributed by atoms with van der Waals surface area (Å²) in [5.41, 5.74) is 2.21. The van der Waals surface area contributed by atoms with E-state index in [1.54, 1.807) is 16.7 Å². The Morgan fingerprint density at radius 2 is 1.77 bits per heavy atom. The molecular formula is C21H24N2O2S. The highest BCUT2D eigenvalue weighted by atomic mass is 32.2. The van der Waals surface area contributed by atoms with Gasteiger partial charge in [0.2, 0.25) is 11.8 Å². The molecule has 0 radical (unpaired) electrons. The lowest BCUT2D eigenvalue weighted by atomic mass is 9.97. The smallest absolute Gasteiger partial charge is 0.243 e. The van der Waals surface area contributed by atoms with Gasteiger partial charge in [0.05, 0.1) is 5.88 Å². The maximum absolute atomic E-state index is 12.8. The van der Waals surface area contributed by atoms with Gasteiger partial charge in [-0.1, -0.05) is 67.6 Å². The summed E-state index contributed by atoms with van der Waals surface area (Å²) in [7, 11) is 0. The lowest BCUT2D eigenvalue weighted by molar-refractivity contribution is -0.138. The molecule has 0 aromatic heterocycles. The maximum atomic E-state index is 12.8. The van der Waals surface area contributed by atoms with Crippen molar-refractivity contribution in [2.24, 2.45) is 0 Å². The minimum atomic E-state index is -0.376. The molecule has 136 valence electrons. The Bertz CT molecular complexity index is 736. The molecule has 3 rings (SSSR count). The molecule has 1 N–H and O–H groups in total. The third-order valence-electron chi connectivity index (χ3n) is 4.66. The predicted octanol–water partition coefficient (Wildman–Crippen LogP) is 3.40. The van der Waals surface area contributed by atoms with Crippen molar-refractivity contribution in [3.8, 4) is 0 Å². The number of hydrogen-bond donors (Lipinski definition) is 1. The van der Waals surface area contributed by atoms with Gasteiger partial charge in [-0.15, -0.1) is 11.8 Å². The highest BCUT2D eigenvalue weighted by Crippen LogP contribution is 2.26. The second-order valence-corrected chi connectivity index (χ2v) is 7.60. The second-order valence-electron chi connectivity index (χ2n) is 6.60. The van der Waals surface area contributed by atoms with E-state index in [9.17, 15) is 9.59 Å². The molecule has 1 saturated heterocycles. The highest BCUT2D eigenvalue weighted by Gasteiger charge is 2.34. The van der Waals surface area contributed by atoms with Gasteiger partial charge in [-0.25, -0.2) is 0 Å². The summed E-state index contributed by atoms with van der Waals surface area (Å²) in [5.74, 6) is 1.36. The van der Waals surface area contributed by atoms with Gasteiger partial charge in [-0.3, -0.25) is 9.59 Å². The van der Waals surface area contributed by atoms with Gasteiger partial charge in [0.15, 0.2) is 0 Å². The second kappa shape index (κ2) is 8.90. The molecule has 0 saturated carbocycles. The van der Waals surface area contributed by atoms with Gasteiger partial charge in [0, 0.05) is 18.7 Å². The summed E-state index contributed by atoms with van der Waals surface area (Å²) in [6, 6.07) is 19.5. The molecule has 5 heteroatoms. The number of nitrogens with one attached hydrogen (secondary N) is 1. The fourth-order valence-electron chi connectivity index (χ4n) is 3.09. The molecule has 2 amide bonds. The number of nitrogens with zero attached hydrogens (tertiary/aromatic N) is 1. The topological polar surface area (TPSA) is 49.4 Å². The zero-order chi connectivity index (χ0) is 18.4. The van der Waals surface area contributed by atoms with E-state index in [0.29, 0.717) is 24.6 Å². The number of thioether (sulfide) groups is 1. The molecule has 1 aliphatic heterocycles. The van der Waals surface area contributed by atoms with Gasteiger partial charge in [-0.2, -0.15) is 0 Å². The zero-order valence-electron chi connectivity index (χ0n) is 14.9. The summed E-state index contributed by atoms with van der Waals surface area (Å²) in [6.07, 6.45) is 0.424. The number of amides is 2. The van der Waals surface area contributed by atoms with E-state index >= 15 is 0 Å². The molecular weight excluding hydrogens is 344 g/mol. The third-order valence-corrected chi connectivity index (χ3v) is 5.68. The monoisotopic (exact) mass is 368 g/mol. The van der Waals surface area contributed by atoms with Crippen LogP contribution in [-0.2, 0) is 16.1 Å². The fourth-order valence-corrected chi connectivity index (χ4v) is 4.27. The first-order valence-electron chi connectivity index (χ1n) is 8.89. The van der Waals surface area contributed by atoms with Crippen LogP contribution in [0.25, 0.3) is 0 Å². The average Bonchev–Trinajstić information content (AvgIpc) is 3.17. The number of carbonyl (C=O) groups is 2. The van der Waals surface area contributed by atoms with Crippen LogP contribution in [0.5, 0.6) is 0 Å². The number of hydrogen-bond acceptors (Lipinski definition) is 3. The van der Waals surface area contributed by atoms with Gasteiger partial charge < -0.3 is 10.2 Å². The molecule has 0 aliphatic carbocycles. The first-order chi connectivity index (χ1) is 12.6. The van der Waals surface area contributed by atoms with Gasteiger partial charge >= 0.3 is 0 Å². The highest BCUT2D eigenvalue weighted by molar-refractivity contribution is 7.99. The molecule has 0 spiro atoms. The molecule has 1 fully saturated rings. The number of rotatable bonds is 6. The summed E-state index contributed by atoms with van der Waals surface area (Å²) in [4.78, 5) is 27.0. The molecule has 0 unspecified atom stereocenters. The minimum Gasteiger partial charge on any atom is -0.350 e. The zero-order valence-corrected chi connectivity index (χ0v) is 15.7. The number of benzene rings is 2. The Morgan fingerprint density at radius 1 is 1.12 bits per heavy atom. The standard InChI is InChI=1S/C21H24N2O2S/c1-16(18-10-6-3-7-11-18)12-20(24)23-15-26-14-19(23)21(25)22-13-17-8-4-2-5-9-17/h2-11,16,19H,12-15H2,1H3,(H,22,25)/t16-,19-/m1/s1. The third kappa shape index (κ3) is 4.67. The van der Waals surface area contributed by atoms with Gasteiger partial charge in [0.1, 0.15) is 6.04 Å². The van der Waals surface area contributed by atoms with Crippen molar-refractivity contribution in [2.75, 3.05) is 11.6 Å². The van der Waals surface area contributed by atoms with Crippen molar-refractivity contribution in [2.45, 2.75) is 31.8 Å². The average molecular weight is 369 g/mol. The van der Waals surface area contributed by atoms with Crippen molar-refractivity contribution >= 4 is 23.6 Å². The van der Waals surface area contributed by atoms with Crippen LogP contribution in [0.4, 0.5) is 0 Å². The van der Waals surface area contributed by atoms with E-state index in [0.717, 1.165) is 11.1 Å². The van der Waals surface area contributed by atoms with E-state index in [1.807, 2.05) is 60.7 Å². The van der Waals surface area contributed by atoms with E-state index < -0.39 is 0 Å². The van der Waals surface area contributed by atoms with Crippen LogP contribution >= 0.6 is 11.8 Å². The predicted molar refractivity (Wildman–Crippen MR) is 106 cm³/mol. The SMILES string of the molecule is C[C@H](CC(=O)N1CSC[C@@H]1C(=O)NCc1ccccc1)c1ccccc1. The number of carbonyl (C=O) groups excluding carboxylic acids is 2. The van der Waals surface area contributed by atoms with Crippen LogP contribution in [-0.4, -0.2) is 34.4 Å². The van der Waals surface area contributed by atoms with E-state index in [1.165, 1.54) is 0 Å². The van der Waals surface area contributed by atoms with Crippen LogP contribution in [0.2, 0.25) is 0 Å². The molecule has 2 atom stereocenters. The summed E-state index contributed by atoms with van der Waals surface area (Å²) in [5, 5.41) is 2.96. The Hall–Kier alpha value is -2.27. The maximum Gasteiger partial charge on any atom is 0.243 e. The Morgan fingerprint density at radius 3 is 2.46 bits per heavy atom. The Labute approximate surface area is 159 Å². The van der Waals surface area contributed by atoms with Gasteiger partial charge in [0.25, 0.3) is 0 Å². The normalized spacial score (nSPS) is 17.7. The first-order valence-corrected chi connectivity index (χ1v) is 10.0. The van der Waals surface area contributed by atoms with Gasteiger partial charge in [-0.05, 0) is 17.0 Å². The molecule has 26 heavy (non-hydrogen) atoms. The summed E-state index contributed by atoms with van der Waals surface area (Å²) < 4.78 is 0. The van der Waals surface area contributed by atoms with Crippen LogP contribution in [0.1, 0.15) is 30.4 Å². The first kappa shape index (κ1) is 18.5. The van der Waals surface area contributed by atoms with Crippen molar-refractivity contribution < 1.29 is 9.59 Å². The Balaban J connectivity index is 1.56. The molecule has 1 aliphatic rings. The van der Waals surface area contributed by atoms with Crippen LogP contribution in [0.3, 0.4) is 0 Å². The van der Waals surface area contributed by atoms with E-state index in [2.05, 4.69) is 12.2 Å². The van der Waals surface area contributed by atoms with E-state index in [-0.39, 0.29) is 23.8 Å². The lowest BCUT2D eigenvalue weighted by Gasteiger charge is -2.24. The van der Waals surface area contributed by atoms with Crippen molar-refractivity contribution in [1.29, 1.82) is 0 Å². The van der Waals surface area contributed by atoms with Crippen LogP contribution in [0.15, 0.2) is 60.7 Å². The van der Waals surface area contributed by atoms with E-state index in [4.69, 9.17) is 0 Å². The molecule has 4 nitrogen and oxygen atoms in total. The minimum absolute atomic E-state index is 0.0474. The summed E-state index contributed by atoms with van der Waals surface area (Å²) >= 11 is 1.64. The Kier molecular flexibility index (Phi) is 6.34. The molecule has 2 aromatic rings. The molecule has 2 aromatic carbocycles. The van der Waals surface area contributed by atoms with Crippen molar-refractivity contribution in [3.63, 3.8) is 0 Å². The van der Waals surface area contributed by atoms with Crippen LogP contribution < -0.4 is 5.32 Å². The lowest BCUT2D eigenvalue weighted by Crippen LogP contribution is -2.47. The van der Waals surface area contributed by atoms with Crippen LogP contribution in [0, 0.1) is 0 Å². The quantitative estimate of drug-likeness (QED) is 0.850. The summed E-state index contributed by atoms with van der Waals surface area (Å²) in [6.45, 7) is 2.55. The molecule has 0 bridgehead atoms.